The third-order valence-electron chi connectivity index (χ3n) is 2.88. The summed E-state index contributed by atoms with van der Waals surface area (Å²) in [5, 5.41) is 3.08. The number of pyridine rings is 1. The molecular formula is C14H9ClN2O2S. The number of halogens is 1. The second-order valence-corrected chi connectivity index (χ2v) is 5.79. The van der Waals surface area contributed by atoms with E-state index in [0.717, 1.165) is 28.2 Å². The summed E-state index contributed by atoms with van der Waals surface area (Å²) in [6.45, 7) is 1.99. The number of nitrogens with zero attached hydrogens (tertiary/aromatic N) is 1. The molecule has 1 fully saturated rings. The van der Waals surface area contributed by atoms with E-state index in [1.54, 1.807) is 6.08 Å². The van der Waals surface area contributed by atoms with Crippen molar-refractivity contribution < 1.29 is 9.59 Å². The Bertz CT molecular complexity index is 786. The van der Waals surface area contributed by atoms with Crippen LogP contribution in [0.1, 0.15) is 11.1 Å². The molecule has 3 rings (SSSR count). The molecule has 100 valence electrons. The number of rotatable bonds is 1. The molecule has 0 bridgehead atoms. The number of nitrogens with one attached hydrogen (secondary N) is 1. The van der Waals surface area contributed by atoms with Gasteiger partial charge in [-0.1, -0.05) is 23.2 Å². The highest BCUT2D eigenvalue weighted by molar-refractivity contribution is 8.18. The molecule has 0 unspecified atom stereocenters. The first-order valence-electron chi connectivity index (χ1n) is 5.85. The molecule has 0 spiro atoms. The topological polar surface area (TPSA) is 59.1 Å². The number of fused-ring (bicyclic) bond motifs is 1. The van der Waals surface area contributed by atoms with Crippen LogP contribution >= 0.6 is 23.4 Å². The van der Waals surface area contributed by atoms with Gasteiger partial charge in [-0.15, -0.1) is 0 Å². The lowest BCUT2D eigenvalue weighted by molar-refractivity contribution is -0.115. The van der Waals surface area contributed by atoms with Crippen molar-refractivity contribution in [1.29, 1.82) is 0 Å². The third kappa shape index (κ3) is 2.42. The Morgan fingerprint density at radius 2 is 2.10 bits per heavy atom. The maximum Gasteiger partial charge on any atom is 0.290 e. The highest BCUT2D eigenvalue weighted by atomic mass is 35.5. The van der Waals surface area contributed by atoms with Crippen molar-refractivity contribution in [3.63, 3.8) is 0 Å². The van der Waals surface area contributed by atoms with Crippen molar-refractivity contribution in [3.8, 4) is 0 Å². The highest BCUT2D eigenvalue weighted by Crippen LogP contribution is 2.29. The maximum atomic E-state index is 11.5. The number of carbonyl (C=O) groups excluding carboxylic acids is 2. The smallest absolute Gasteiger partial charge is 0.282 e. The second kappa shape index (κ2) is 4.92. The monoisotopic (exact) mass is 304 g/mol. The summed E-state index contributed by atoms with van der Waals surface area (Å²) >= 11 is 6.98. The molecule has 0 aliphatic carbocycles. The van der Waals surface area contributed by atoms with Crippen molar-refractivity contribution in [2.45, 2.75) is 6.92 Å². The predicted octanol–water partition coefficient (Wildman–Crippen LogP) is 3.52. The zero-order chi connectivity index (χ0) is 14.3. The number of aryl methyl sites for hydroxylation is 1. The van der Waals surface area contributed by atoms with E-state index in [9.17, 15) is 9.59 Å². The number of amides is 2. The van der Waals surface area contributed by atoms with E-state index in [-0.39, 0.29) is 5.24 Å². The van der Waals surface area contributed by atoms with Gasteiger partial charge in [0, 0.05) is 10.9 Å². The van der Waals surface area contributed by atoms with Gasteiger partial charge in [-0.2, -0.15) is 0 Å². The molecule has 1 aliphatic heterocycles. The number of hydrogen-bond acceptors (Lipinski definition) is 4. The summed E-state index contributed by atoms with van der Waals surface area (Å²) in [4.78, 5) is 27.3. The van der Waals surface area contributed by atoms with Crippen LogP contribution in [0.5, 0.6) is 0 Å². The summed E-state index contributed by atoms with van der Waals surface area (Å²) in [6, 6.07) is 7.71. The molecule has 0 saturated carbocycles. The average molecular weight is 305 g/mol. The number of carbonyl (C=O) groups is 2. The van der Waals surface area contributed by atoms with Gasteiger partial charge in [-0.3, -0.25) is 14.9 Å². The zero-order valence-electron chi connectivity index (χ0n) is 10.4. The van der Waals surface area contributed by atoms with Gasteiger partial charge in [0.2, 0.25) is 0 Å². The molecule has 1 aromatic heterocycles. The van der Waals surface area contributed by atoms with Crippen LogP contribution in [-0.2, 0) is 4.79 Å². The molecule has 1 aliphatic rings. The third-order valence-corrected chi connectivity index (χ3v) is 3.99. The Kier molecular flexibility index (Phi) is 3.23. The molecular weight excluding hydrogens is 296 g/mol. The minimum Gasteiger partial charge on any atom is -0.282 e. The first-order valence-corrected chi connectivity index (χ1v) is 7.04. The lowest BCUT2D eigenvalue weighted by atomic mass is 10.1. The molecule has 0 atom stereocenters. The van der Waals surface area contributed by atoms with E-state index in [0.29, 0.717) is 15.6 Å². The highest BCUT2D eigenvalue weighted by Gasteiger charge is 2.25. The predicted molar refractivity (Wildman–Crippen MR) is 80.6 cm³/mol. The minimum absolute atomic E-state index is 0.307. The fraction of sp³-hybridized carbons (Fsp3) is 0.0714. The van der Waals surface area contributed by atoms with E-state index in [1.807, 2.05) is 31.2 Å². The van der Waals surface area contributed by atoms with Gasteiger partial charge in [0.15, 0.2) is 0 Å². The Balaban J connectivity index is 2.12. The Morgan fingerprint density at radius 3 is 2.80 bits per heavy atom. The lowest BCUT2D eigenvalue weighted by Crippen LogP contribution is -2.17. The molecule has 2 heterocycles. The normalized spacial score (nSPS) is 17.0. The summed E-state index contributed by atoms with van der Waals surface area (Å²) < 4.78 is 0. The van der Waals surface area contributed by atoms with Crippen LogP contribution in [0.4, 0.5) is 4.79 Å². The number of aromatic nitrogens is 1. The average Bonchev–Trinajstić information content (AvgIpc) is 2.69. The molecule has 2 aromatic rings. The summed E-state index contributed by atoms with van der Waals surface area (Å²) in [6.07, 6.45) is 1.59. The Morgan fingerprint density at radius 1 is 1.30 bits per heavy atom. The molecule has 1 aromatic carbocycles. The van der Waals surface area contributed by atoms with Crippen molar-refractivity contribution in [2.75, 3.05) is 0 Å². The van der Waals surface area contributed by atoms with E-state index in [1.165, 1.54) is 0 Å². The fourth-order valence-corrected chi connectivity index (χ4v) is 2.83. The molecule has 4 nitrogen and oxygen atoms in total. The minimum atomic E-state index is -0.402. The second-order valence-electron chi connectivity index (χ2n) is 4.42. The number of hydrogen-bond donors (Lipinski definition) is 1. The molecule has 2 amide bonds. The van der Waals surface area contributed by atoms with Crippen LogP contribution in [0.15, 0.2) is 29.2 Å². The fourth-order valence-electron chi connectivity index (χ4n) is 1.95. The first kappa shape index (κ1) is 13.1. The first-order chi connectivity index (χ1) is 9.52. The molecule has 20 heavy (non-hydrogen) atoms. The molecule has 6 heteroatoms. The van der Waals surface area contributed by atoms with Crippen LogP contribution in [0, 0.1) is 6.92 Å². The van der Waals surface area contributed by atoms with Crippen LogP contribution < -0.4 is 5.32 Å². The number of imide groups is 1. The van der Waals surface area contributed by atoms with Gasteiger partial charge in [-0.25, -0.2) is 4.98 Å². The Labute approximate surface area is 124 Å². The summed E-state index contributed by atoms with van der Waals surface area (Å²) in [5.41, 5.74) is 2.53. The zero-order valence-corrected chi connectivity index (χ0v) is 12.0. The quantitative estimate of drug-likeness (QED) is 0.647. The van der Waals surface area contributed by atoms with Crippen LogP contribution in [0.2, 0.25) is 5.15 Å². The van der Waals surface area contributed by atoms with E-state index in [4.69, 9.17) is 11.6 Å². The van der Waals surface area contributed by atoms with Gasteiger partial charge >= 0.3 is 0 Å². The maximum absolute atomic E-state index is 11.5. The largest absolute Gasteiger partial charge is 0.290 e. The molecule has 0 radical (unpaired) electrons. The SMILES string of the molecule is Cc1ccc2nc(Cl)c(/C=C3\SC(=O)NC3=O)cc2c1. The van der Waals surface area contributed by atoms with Crippen molar-refractivity contribution in [3.05, 3.63) is 45.5 Å². The van der Waals surface area contributed by atoms with Crippen molar-refractivity contribution >= 4 is 51.5 Å². The molecule has 1 saturated heterocycles. The number of benzene rings is 1. The van der Waals surface area contributed by atoms with Gasteiger partial charge < -0.3 is 0 Å². The van der Waals surface area contributed by atoms with Gasteiger partial charge in [0.1, 0.15) is 5.15 Å². The van der Waals surface area contributed by atoms with E-state index in [2.05, 4.69) is 10.3 Å². The van der Waals surface area contributed by atoms with Gasteiger partial charge in [0.05, 0.1) is 10.4 Å². The van der Waals surface area contributed by atoms with E-state index < -0.39 is 5.91 Å². The number of thioether (sulfide) groups is 1. The van der Waals surface area contributed by atoms with Crippen molar-refractivity contribution in [2.24, 2.45) is 0 Å². The van der Waals surface area contributed by atoms with Crippen LogP contribution in [0.25, 0.3) is 17.0 Å². The van der Waals surface area contributed by atoms with Gasteiger partial charge in [0.25, 0.3) is 11.1 Å². The van der Waals surface area contributed by atoms with Crippen LogP contribution in [-0.4, -0.2) is 16.1 Å². The molecule has 1 N–H and O–H groups in total. The Hall–Kier alpha value is -1.85. The van der Waals surface area contributed by atoms with E-state index >= 15 is 0 Å². The lowest BCUT2D eigenvalue weighted by Gasteiger charge is -2.03. The van der Waals surface area contributed by atoms with Gasteiger partial charge in [-0.05, 0) is 43.0 Å². The van der Waals surface area contributed by atoms with Crippen LogP contribution in [0.3, 0.4) is 0 Å². The summed E-state index contributed by atoms with van der Waals surface area (Å²) in [5.74, 6) is -0.402. The van der Waals surface area contributed by atoms with Crippen molar-refractivity contribution in [1.82, 2.24) is 10.3 Å². The summed E-state index contributed by atoms with van der Waals surface area (Å²) in [7, 11) is 0. The standard InChI is InChI=1S/C14H9ClN2O2S/c1-7-2-3-10-8(4-7)5-9(12(15)16-10)6-11-13(18)17-14(19)20-11/h2-6H,1H3,(H,17,18,19)/b11-6-.